The van der Waals surface area contributed by atoms with Gasteiger partial charge in [-0.2, -0.15) is 0 Å². The van der Waals surface area contributed by atoms with E-state index in [0.29, 0.717) is 0 Å². The molecule has 1 unspecified atom stereocenters. The summed E-state index contributed by atoms with van der Waals surface area (Å²) in [5.41, 5.74) is 1.92. The van der Waals surface area contributed by atoms with Gasteiger partial charge in [-0.25, -0.2) is 9.37 Å². The molecule has 0 spiro atoms. The first kappa shape index (κ1) is 12.2. The number of aryl methyl sites for hydroxylation is 1. The molecule has 0 saturated carbocycles. The monoisotopic (exact) mass is 250 g/mol. The van der Waals surface area contributed by atoms with Crippen molar-refractivity contribution < 1.29 is 4.39 Å². The zero-order chi connectivity index (χ0) is 12.4. The molecule has 0 aliphatic carbocycles. The molecule has 2 aromatic rings. The molecular formula is C13H15FN2S. The predicted octanol–water partition coefficient (Wildman–Crippen LogP) is 3.54. The van der Waals surface area contributed by atoms with E-state index < -0.39 is 0 Å². The van der Waals surface area contributed by atoms with Crippen molar-refractivity contribution in [1.29, 1.82) is 0 Å². The Balaban J connectivity index is 2.47. The van der Waals surface area contributed by atoms with E-state index in [0.717, 1.165) is 16.3 Å². The van der Waals surface area contributed by atoms with Gasteiger partial charge < -0.3 is 5.32 Å². The van der Waals surface area contributed by atoms with Crippen LogP contribution in [0.2, 0.25) is 0 Å². The van der Waals surface area contributed by atoms with Crippen LogP contribution in [0.5, 0.6) is 0 Å². The highest BCUT2D eigenvalue weighted by atomic mass is 32.1. The standard InChI is InChI=1S/C13H15FN2S/c1-8(15-3)13-12(16-9(2)17-13)10-4-6-11(14)7-5-10/h4-8,15H,1-3H3. The third-order valence-corrected chi connectivity index (χ3v) is 3.86. The summed E-state index contributed by atoms with van der Waals surface area (Å²) in [6.45, 7) is 4.09. The summed E-state index contributed by atoms with van der Waals surface area (Å²) in [5.74, 6) is -0.219. The molecule has 4 heteroatoms. The van der Waals surface area contributed by atoms with Crippen molar-refractivity contribution >= 4 is 11.3 Å². The topological polar surface area (TPSA) is 24.9 Å². The van der Waals surface area contributed by atoms with Gasteiger partial charge in [0.25, 0.3) is 0 Å². The lowest BCUT2D eigenvalue weighted by Gasteiger charge is -2.09. The highest BCUT2D eigenvalue weighted by Crippen LogP contribution is 2.32. The van der Waals surface area contributed by atoms with Crippen molar-refractivity contribution in [1.82, 2.24) is 10.3 Å². The Morgan fingerprint density at radius 1 is 1.29 bits per heavy atom. The smallest absolute Gasteiger partial charge is 0.123 e. The Bertz CT molecular complexity index is 505. The second kappa shape index (κ2) is 4.94. The van der Waals surface area contributed by atoms with E-state index in [9.17, 15) is 4.39 Å². The molecule has 0 bridgehead atoms. The van der Waals surface area contributed by atoms with Crippen molar-refractivity contribution in [3.05, 3.63) is 40.0 Å². The molecule has 0 saturated heterocycles. The van der Waals surface area contributed by atoms with E-state index in [1.807, 2.05) is 14.0 Å². The van der Waals surface area contributed by atoms with Gasteiger partial charge in [-0.05, 0) is 45.2 Å². The van der Waals surface area contributed by atoms with Crippen LogP contribution in [0.1, 0.15) is 22.9 Å². The van der Waals surface area contributed by atoms with Gasteiger partial charge in [-0.15, -0.1) is 11.3 Å². The van der Waals surface area contributed by atoms with E-state index in [4.69, 9.17) is 0 Å². The molecule has 0 radical (unpaired) electrons. The van der Waals surface area contributed by atoms with Crippen molar-refractivity contribution in [2.45, 2.75) is 19.9 Å². The van der Waals surface area contributed by atoms with Gasteiger partial charge in [0.15, 0.2) is 0 Å². The summed E-state index contributed by atoms with van der Waals surface area (Å²) in [7, 11) is 1.92. The molecule has 0 aliphatic rings. The Morgan fingerprint density at radius 3 is 2.53 bits per heavy atom. The van der Waals surface area contributed by atoms with Crippen LogP contribution in [0.25, 0.3) is 11.3 Å². The van der Waals surface area contributed by atoms with Crippen LogP contribution in [0.3, 0.4) is 0 Å². The lowest BCUT2D eigenvalue weighted by Crippen LogP contribution is -2.11. The first-order valence-corrected chi connectivity index (χ1v) is 6.34. The number of aromatic nitrogens is 1. The molecule has 2 nitrogen and oxygen atoms in total. The first-order chi connectivity index (χ1) is 8.11. The second-order valence-corrected chi connectivity index (χ2v) is 5.20. The number of nitrogens with zero attached hydrogens (tertiary/aromatic N) is 1. The third kappa shape index (κ3) is 2.53. The zero-order valence-corrected chi connectivity index (χ0v) is 10.9. The van der Waals surface area contributed by atoms with Crippen molar-refractivity contribution in [2.75, 3.05) is 7.05 Å². The van der Waals surface area contributed by atoms with Gasteiger partial charge in [-0.3, -0.25) is 0 Å². The number of nitrogens with one attached hydrogen (secondary N) is 1. The van der Waals surface area contributed by atoms with Crippen molar-refractivity contribution in [3.63, 3.8) is 0 Å². The Morgan fingerprint density at radius 2 is 1.94 bits per heavy atom. The van der Waals surface area contributed by atoms with Gasteiger partial charge in [-0.1, -0.05) is 0 Å². The molecule has 0 aliphatic heterocycles. The van der Waals surface area contributed by atoms with Crippen LogP contribution in [-0.4, -0.2) is 12.0 Å². The molecule has 2 rings (SSSR count). The molecule has 1 N–H and O–H groups in total. The number of hydrogen-bond acceptors (Lipinski definition) is 3. The molecule has 1 aromatic heterocycles. The minimum atomic E-state index is -0.219. The fraction of sp³-hybridized carbons (Fsp3) is 0.308. The highest BCUT2D eigenvalue weighted by molar-refractivity contribution is 7.12. The number of halogens is 1. The molecule has 1 heterocycles. The Hall–Kier alpha value is -1.26. The highest BCUT2D eigenvalue weighted by Gasteiger charge is 2.15. The fourth-order valence-electron chi connectivity index (χ4n) is 1.68. The van der Waals surface area contributed by atoms with Crippen LogP contribution < -0.4 is 5.32 Å². The minimum Gasteiger partial charge on any atom is -0.312 e. The minimum absolute atomic E-state index is 0.219. The van der Waals surface area contributed by atoms with E-state index in [2.05, 4.69) is 17.2 Å². The van der Waals surface area contributed by atoms with Gasteiger partial charge in [0, 0.05) is 16.5 Å². The van der Waals surface area contributed by atoms with E-state index in [-0.39, 0.29) is 11.9 Å². The maximum Gasteiger partial charge on any atom is 0.123 e. The van der Waals surface area contributed by atoms with Crippen LogP contribution in [0.4, 0.5) is 4.39 Å². The Labute approximate surface area is 105 Å². The lowest BCUT2D eigenvalue weighted by atomic mass is 10.1. The molecule has 0 amide bonds. The zero-order valence-electron chi connectivity index (χ0n) is 10.1. The summed E-state index contributed by atoms with van der Waals surface area (Å²) in [6.07, 6.45) is 0. The number of hydrogen-bond donors (Lipinski definition) is 1. The van der Waals surface area contributed by atoms with Gasteiger partial charge in [0.2, 0.25) is 0 Å². The third-order valence-electron chi connectivity index (χ3n) is 2.70. The van der Waals surface area contributed by atoms with Crippen LogP contribution in [-0.2, 0) is 0 Å². The van der Waals surface area contributed by atoms with E-state index in [1.165, 1.54) is 17.0 Å². The van der Waals surface area contributed by atoms with Crippen molar-refractivity contribution in [2.24, 2.45) is 0 Å². The van der Waals surface area contributed by atoms with Gasteiger partial charge in [0.05, 0.1) is 10.7 Å². The molecule has 90 valence electrons. The molecule has 0 fully saturated rings. The quantitative estimate of drug-likeness (QED) is 0.901. The van der Waals surface area contributed by atoms with Crippen LogP contribution >= 0.6 is 11.3 Å². The summed E-state index contributed by atoms with van der Waals surface area (Å²) in [6, 6.07) is 6.74. The number of benzene rings is 1. The average Bonchev–Trinajstić information content (AvgIpc) is 2.71. The van der Waals surface area contributed by atoms with Crippen LogP contribution in [0.15, 0.2) is 24.3 Å². The summed E-state index contributed by atoms with van der Waals surface area (Å²) < 4.78 is 12.9. The summed E-state index contributed by atoms with van der Waals surface area (Å²) in [4.78, 5) is 5.73. The Kier molecular flexibility index (Phi) is 3.54. The summed E-state index contributed by atoms with van der Waals surface area (Å²) >= 11 is 1.68. The van der Waals surface area contributed by atoms with Crippen molar-refractivity contribution in [3.8, 4) is 11.3 Å². The molecule has 1 atom stereocenters. The fourth-order valence-corrected chi connectivity index (χ4v) is 2.69. The predicted molar refractivity (Wildman–Crippen MR) is 69.7 cm³/mol. The van der Waals surface area contributed by atoms with Gasteiger partial charge >= 0.3 is 0 Å². The molecular weight excluding hydrogens is 235 g/mol. The van der Waals surface area contributed by atoms with Crippen LogP contribution in [0, 0.1) is 12.7 Å². The first-order valence-electron chi connectivity index (χ1n) is 5.52. The normalized spacial score (nSPS) is 12.7. The number of rotatable bonds is 3. The average molecular weight is 250 g/mol. The second-order valence-electron chi connectivity index (χ2n) is 3.96. The van der Waals surface area contributed by atoms with Gasteiger partial charge in [0.1, 0.15) is 5.82 Å². The SMILES string of the molecule is CNC(C)c1sc(C)nc1-c1ccc(F)cc1. The summed E-state index contributed by atoms with van der Waals surface area (Å²) in [5, 5.41) is 4.24. The molecule has 1 aromatic carbocycles. The lowest BCUT2D eigenvalue weighted by molar-refractivity contribution is 0.628. The van der Waals surface area contributed by atoms with E-state index in [1.54, 1.807) is 23.5 Å². The molecule has 17 heavy (non-hydrogen) atoms. The maximum absolute atomic E-state index is 12.9. The number of thiazole rings is 1. The maximum atomic E-state index is 12.9. The largest absolute Gasteiger partial charge is 0.312 e. The van der Waals surface area contributed by atoms with E-state index >= 15 is 0 Å².